The van der Waals surface area contributed by atoms with Crippen molar-refractivity contribution in [3.8, 4) is 0 Å². The molecule has 3 heteroatoms. The number of fused-ring (bicyclic) bond motifs is 1. The zero-order chi connectivity index (χ0) is 16.7. The van der Waals surface area contributed by atoms with Crippen LogP contribution in [0.25, 0.3) is 0 Å². The minimum absolute atomic E-state index is 0.201. The number of carbonyl (C=O) groups is 2. The van der Waals surface area contributed by atoms with Crippen molar-refractivity contribution < 1.29 is 14.3 Å². The lowest BCUT2D eigenvalue weighted by atomic mass is 9.72. The predicted octanol–water partition coefficient (Wildman–Crippen LogP) is 4.64. The standard InChI is InChI=1S/C20H26O3/c1-19(2,3)18(22)23-15-10-6-5-9-14-13-20(17(21)16(14)15)11-7-4-8-12-20/h6,9-10H,4-5,7-8,11-13H2,1-3H3. The molecule has 0 aromatic carbocycles. The van der Waals surface area contributed by atoms with Crippen molar-refractivity contribution in [1.29, 1.82) is 0 Å². The number of ether oxygens (including phenoxy) is 1. The van der Waals surface area contributed by atoms with E-state index in [1.807, 2.05) is 32.9 Å². The van der Waals surface area contributed by atoms with Crippen molar-refractivity contribution in [2.45, 2.75) is 65.7 Å². The van der Waals surface area contributed by atoms with Gasteiger partial charge < -0.3 is 4.74 Å². The summed E-state index contributed by atoms with van der Waals surface area (Å²) in [5.41, 5.74) is 0.933. The third kappa shape index (κ3) is 2.93. The molecule has 0 amide bonds. The molecule has 1 spiro atoms. The summed E-state index contributed by atoms with van der Waals surface area (Å²) in [7, 11) is 0. The summed E-state index contributed by atoms with van der Waals surface area (Å²) in [6.45, 7) is 5.49. The molecule has 0 aromatic rings. The van der Waals surface area contributed by atoms with E-state index in [4.69, 9.17) is 4.74 Å². The van der Waals surface area contributed by atoms with Gasteiger partial charge in [-0.15, -0.1) is 0 Å². The van der Waals surface area contributed by atoms with E-state index in [1.165, 1.54) is 6.42 Å². The van der Waals surface area contributed by atoms with Gasteiger partial charge >= 0.3 is 5.97 Å². The summed E-state index contributed by atoms with van der Waals surface area (Å²) < 4.78 is 5.65. The maximum Gasteiger partial charge on any atom is 0.316 e. The van der Waals surface area contributed by atoms with Gasteiger partial charge in [0.25, 0.3) is 0 Å². The lowest BCUT2D eigenvalue weighted by molar-refractivity contribution is -0.148. The Morgan fingerprint density at radius 1 is 1.17 bits per heavy atom. The van der Waals surface area contributed by atoms with E-state index in [1.54, 1.807) is 0 Å². The van der Waals surface area contributed by atoms with Crippen LogP contribution < -0.4 is 0 Å². The van der Waals surface area contributed by atoms with Crippen molar-refractivity contribution in [3.63, 3.8) is 0 Å². The van der Waals surface area contributed by atoms with E-state index in [0.717, 1.165) is 44.1 Å². The topological polar surface area (TPSA) is 43.4 Å². The molecule has 0 heterocycles. The van der Waals surface area contributed by atoms with Gasteiger partial charge in [-0.1, -0.05) is 31.4 Å². The molecule has 3 rings (SSSR count). The summed E-state index contributed by atoms with van der Waals surface area (Å²) in [6, 6.07) is 0. The number of esters is 1. The highest BCUT2D eigenvalue weighted by Crippen LogP contribution is 2.52. The molecule has 0 aliphatic heterocycles. The summed E-state index contributed by atoms with van der Waals surface area (Å²) in [5.74, 6) is 0.371. The van der Waals surface area contributed by atoms with Crippen molar-refractivity contribution in [2.24, 2.45) is 10.8 Å². The number of ketones is 1. The number of hydrogen-bond donors (Lipinski definition) is 0. The first-order chi connectivity index (χ1) is 10.8. The molecular formula is C20H26O3. The highest BCUT2D eigenvalue weighted by atomic mass is 16.5. The fourth-order valence-corrected chi connectivity index (χ4v) is 3.83. The highest BCUT2D eigenvalue weighted by molar-refractivity contribution is 6.08. The lowest BCUT2D eigenvalue weighted by Gasteiger charge is -2.31. The van der Waals surface area contributed by atoms with Crippen molar-refractivity contribution in [3.05, 3.63) is 35.1 Å². The van der Waals surface area contributed by atoms with E-state index in [9.17, 15) is 9.59 Å². The number of carbonyl (C=O) groups excluding carboxylic acids is 2. The monoisotopic (exact) mass is 314 g/mol. The quantitative estimate of drug-likeness (QED) is 0.662. The molecule has 3 aliphatic carbocycles. The van der Waals surface area contributed by atoms with Gasteiger partial charge in [-0.3, -0.25) is 9.59 Å². The van der Waals surface area contributed by atoms with Gasteiger partial charge in [0, 0.05) is 5.41 Å². The predicted molar refractivity (Wildman–Crippen MR) is 89.6 cm³/mol. The van der Waals surface area contributed by atoms with Crippen LogP contribution in [0.4, 0.5) is 0 Å². The average molecular weight is 314 g/mol. The molecule has 3 nitrogen and oxygen atoms in total. The van der Waals surface area contributed by atoms with E-state index < -0.39 is 5.41 Å². The third-order valence-electron chi connectivity index (χ3n) is 5.20. The molecular weight excluding hydrogens is 288 g/mol. The Hall–Kier alpha value is -1.64. The van der Waals surface area contributed by atoms with E-state index in [-0.39, 0.29) is 17.2 Å². The van der Waals surface area contributed by atoms with Crippen molar-refractivity contribution in [2.75, 3.05) is 0 Å². The van der Waals surface area contributed by atoms with Crippen LogP contribution in [0.5, 0.6) is 0 Å². The Kier molecular flexibility index (Phi) is 4.07. The second-order valence-corrected chi connectivity index (χ2v) is 8.09. The van der Waals surface area contributed by atoms with Crippen LogP contribution in [0.3, 0.4) is 0 Å². The fourth-order valence-electron chi connectivity index (χ4n) is 3.83. The molecule has 0 saturated heterocycles. The first kappa shape index (κ1) is 16.2. The Morgan fingerprint density at radius 3 is 2.52 bits per heavy atom. The number of hydrogen-bond acceptors (Lipinski definition) is 3. The molecule has 2 saturated carbocycles. The van der Waals surface area contributed by atoms with Crippen LogP contribution in [0.1, 0.15) is 65.7 Å². The maximum atomic E-state index is 13.2. The van der Waals surface area contributed by atoms with Gasteiger partial charge in [0.2, 0.25) is 0 Å². The highest BCUT2D eigenvalue weighted by Gasteiger charge is 2.49. The normalized spacial score (nSPS) is 23.6. The second-order valence-electron chi connectivity index (χ2n) is 8.09. The summed E-state index contributed by atoms with van der Waals surface area (Å²) in [5, 5.41) is 0. The van der Waals surface area contributed by atoms with E-state index in [2.05, 4.69) is 6.08 Å². The first-order valence-corrected chi connectivity index (χ1v) is 8.71. The number of Topliss-reactive ketones (excluding diaryl/α,β-unsaturated/α-hetero) is 1. The van der Waals surface area contributed by atoms with Gasteiger partial charge in [-0.25, -0.2) is 0 Å². The molecule has 0 radical (unpaired) electrons. The lowest BCUT2D eigenvalue weighted by Crippen LogP contribution is -2.29. The summed E-state index contributed by atoms with van der Waals surface area (Å²) in [4.78, 5) is 25.5. The van der Waals surface area contributed by atoms with Crippen molar-refractivity contribution >= 4 is 11.8 Å². The molecule has 0 bridgehead atoms. The molecule has 0 unspecified atom stereocenters. The van der Waals surface area contributed by atoms with Crippen molar-refractivity contribution in [1.82, 2.24) is 0 Å². The Morgan fingerprint density at radius 2 is 1.87 bits per heavy atom. The summed E-state index contributed by atoms with van der Waals surface area (Å²) >= 11 is 0. The fraction of sp³-hybridized carbons (Fsp3) is 0.600. The van der Waals surface area contributed by atoms with Gasteiger partial charge in [0.1, 0.15) is 5.76 Å². The molecule has 23 heavy (non-hydrogen) atoms. The van der Waals surface area contributed by atoms with Crippen LogP contribution >= 0.6 is 0 Å². The molecule has 3 aliphatic rings. The van der Waals surface area contributed by atoms with E-state index >= 15 is 0 Å². The minimum Gasteiger partial charge on any atom is -0.425 e. The zero-order valence-corrected chi connectivity index (χ0v) is 14.4. The Balaban J connectivity index is 1.98. The van der Waals surface area contributed by atoms with Gasteiger partial charge in [0.05, 0.1) is 11.0 Å². The second kappa shape index (κ2) is 5.77. The van der Waals surface area contributed by atoms with Crippen LogP contribution in [-0.4, -0.2) is 11.8 Å². The first-order valence-electron chi connectivity index (χ1n) is 8.71. The Labute approximate surface area is 138 Å². The van der Waals surface area contributed by atoms with Crippen LogP contribution in [0, 0.1) is 10.8 Å². The van der Waals surface area contributed by atoms with E-state index in [0.29, 0.717) is 11.3 Å². The summed E-state index contributed by atoms with van der Waals surface area (Å²) in [6.07, 6.45) is 12.9. The maximum absolute atomic E-state index is 13.2. The SMILES string of the molecule is CC(C)(C)C(=O)OC1=C2C(=O)C3(CCCCC3)CC2=CCC=C1. The van der Waals surface area contributed by atoms with Crippen LogP contribution in [-0.2, 0) is 14.3 Å². The molecule has 0 N–H and O–H groups in total. The number of allylic oxidation sites excluding steroid dienone is 5. The molecule has 0 atom stereocenters. The van der Waals surface area contributed by atoms with Crippen LogP contribution in [0.2, 0.25) is 0 Å². The Bertz CT molecular complexity index is 620. The smallest absolute Gasteiger partial charge is 0.316 e. The number of rotatable bonds is 1. The molecule has 2 fully saturated rings. The van der Waals surface area contributed by atoms with Crippen LogP contribution in [0.15, 0.2) is 35.1 Å². The van der Waals surface area contributed by atoms with Gasteiger partial charge in [-0.2, -0.15) is 0 Å². The largest absolute Gasteiger partial charge is 0.425 e. The molecule has 124 valence electrons. The zero-order valence-electron chi connectivity index (χ0n) is 14.4. The minimum atomic E-state index is -0.582. The van der Waals surface area contributed by atoms with Gasteiger partial charge in [-0.05, 0) is 58.1 Å². The third-order valence-corrected chi connectivity index (χ3v) is 5.20. The average Bonchev–Trinajstić information content (AvgIpc) is 2.64. The molecule has 0 aromatic heterocycles. The van der Waals surface area contributed by atoms with Gasteiger partial charge in [0.15, 0.2) is 5.78 Å².